The van der Waals surface area contributed by atoms with Crippen LogP contribution in [0.4, 0.5) is 0 Å². The molecule has 0 aromatic carbocycles. The molecule has 1 N–H and O–H groups in total. The molecule has 0 atom stereocenters. The summed E-state index contributed by atoms with van der Waals surface area (Å²) in [7, 11) is 1.84. The fourth-order valence-electron chi connectivity index (χ4n) is 1.02. The van der Waals surface area contributed by atoms with Gasteiger partial charge >= 0.3 is 0 Å². The average molecular weight is 169 g/mol. The monoisotopic (exact) mass is 169 g/mol. The molecular weight excluding hydrogens is 154 g/mol. The summed E-state index contributed by atoms with van der Waals surface area (Å²) >= 11 is 0. The third-order valence-electron chi connectivity index (χ3n) is 1.74. The molecule has 0 aliphatic carbocycles. The van der Waals surface area contributed by atoms with Crippen LogP contribution >= 0.6 is 0 Å². The largest absolute Gasteiger partial charge is 0.396 e. The lowest BCUT2D eigenvalue weighted by Crippen LogP contribution is -2.19. The molecule has 4 heteroatoms. The van der Waals surface area contributed by atoms with Crippen LogP contribution in [0.5, 0.6) is 0 Å². The molecule has 0 amide bonds. The maximum atomic E-state index is 9.01. The van der Waals surface area contributed by atoms with Crippen molar-refractivity contribution >= 4 is 0 Å². The van der Waals surface area contributed by atoms with Crippen LogP contribution in [0, 0.1) is 5.41 Å². The van der Waals surface area contributed by atoms with E-state index in [0.717, 1.165) is 12.1 Å². The molecule has 0 unspecified atom stereocenters. The van der Waals surface area contributed by atoms with Gasteiger partial charge in [0.25, 0.3) is 0 Å². The number of rotatable bonds is 3. The van der Waals surface area contributed by atoms with E-state index in [1.54, 1.807) is 4.68 Å². The zero-order chi connectivity index (χ0) is 9.19. The first-order valence-corrected chi connectivity index (χ1v) is 3.99. The molecule has 0 saturated carbocycles. The van der Waals surface area contributed by atoms with E-state index in [0.29, 0.717) is 0 Å². The fraction of sp³-hybridized carbons (Fsp3) is 0.750. The standard InChI is InChI=1S/C8H15N3O/c1-8(2,6-12)4-7-5-11(3)10-9-7/h5,12H,4,6H2,1-3H3. The van der Waals surface area contributed by atoms with Crippen LogP contribution in [0.1, 0.15) is 19.5 Å². The number of aliphatic hydroxyl groups is 1. The van der Waals surface area contributed by atoms with Gasteiger partial charge in [-0.15, -0.1) is 5.10 Å². The summed E-state index contributed by atoms with van der Waals surface area (Å²) in [6.45, 7) is 4.17. The normalized spacial score (nSPS) is 12.0. The van der Waals surface area contributed by atoms with Crippen molar-refractivity contribution < 1.29 is 5.11 Å². The number of aromatic nitrogens is 3. The van der Waals surface area contributed by atoms with Crippen molar-refractivity contribution in [2.75, 3.05) is 6.61 Å². The summed E-state index contributed by atoms with van der Waals surface area (Å²) in [6, 6.07) is 0. The van der Waals surface area contributed by atoms with Gasteiger partial charge < -0.3 is 5.11 Å². The average Bonchev–Trinajstić information content (AvgIpc) is 2.35. The molecule has 0 bridgehead atoms. The predicted octanol–water partition coefficient (Wildman–Crippen LogP) is 0.376. The zero-order valence-corrected chi connectivity index (χ0v) is 7.78. The van der Waals surface area contributed by atoms with Crippen LogP contribution < -0.4 is 0 Å². The second kappa shape index (κ2) is 3.23. The van der Waals surface area contributed by atoms with E-state index in [4.69, 9.17) is 5.11 Å². The summed E-state index contributed by atoms with van der Waals surface area (Å²) in [4.78, 5) is 0. The Morgan fingerprint density at radius 1 is 1.58 bits per heavy atom. The van der Waals surface area contributed by atoms with Crippen LogP contribution in [0.2, 0.25) is 0 Å². The highest BCUT2D eigenvalue weighted by molar-refractivity contribution is 4.96. The summed E-state index contributed by atoms with van der Waals surface area (Å²) in [6.07, 6.45) is 2.63. The van der Waals surface area contributed by atoms with Crippen LogP contribution in [-0.4, -0.2) is 26.7 Å². The fourth-order valence-corrected chi connectivity index (χ4v) is 1.02. The Labute approximate surface area is 72.2 Å². The van der Waals surface area contributed by atoms with Gasteiger partial charge in [-0.05, 0) is 5.41 Å². The third-order valence-corrected chi connectivity index (χ3v) is 1.74. The molecule has 0 aliphatic rings. The Morgan fingerprint density at radius 3 is 2.67 bits per heavy atom. The van der Waals surface area contributed by atoms with E-state index in [9.17, 15) is 0 Å². The van der Waals surface area contributed by atoms with Crippen molar-refractivity contribution in [2.24, 2.45) is 12.5 Å². The minimum Gasteiger partial charge on any atom is -0.396 e. The van der Waals surface area contributed by atoms with Crippen molar-refractivity contribution in [3.8, 4) is 0 Å². The van der Waals surface area contributed by atoms with Gasteiger partial charge in [-0.1, -0.05) is 19.1 Å². The van der Waals surface area contributed by atoms with E-state index in [1.165, 1.54) is 0 Å². The van der Waals surface area contributed by atoms with Gasteiger partial charge in [0.05, 0.1) is 5.69 Å². The van der Waals surface area contributed by atoms with Crippen molar-refractivity contribution in [1.29, 1.82) is 0 Å². The molecule has 0 saturated heterocycles. The predicted molar refractivity (Wildman–Crippen MR) is 45.6 cm³/mol. The first-order chi connectivity index (χ1) is 5.53. The molecule has 12 heavy (non-hydrogen) atoms. The third kappa shape index (κ3) is 2.30. The second-order valence-electron chi connectivity index (χ2n) is 3.88. The minimum atomic E-state index is -0.101. The zero-order valence-electron chi connectivity index (χ0n) is 7.78. The van der Waals surface area contributed by atoms with Crippen LogP contribution in [0.3, 0.4) is 0 Å². The molecule has 0 radical (unpaired) electrons. The maximum Gasteiger partial charge on any atom is 0.0833 e. The molecule has 1 aromatic heterocycles. The minimum absolute atomic E-state index is 0.101. The lowest BCUT2D eigenvalue weighted by Gasteiger charge is -2.19. The topological polar surface area (TPSA) is 50.9 Å². The number of nitrogens with zero attached hydrogens (tertiary/aromatic N) is 3. The van der Waals surface area contributed by atoms with E-state index < -0.39 is 0 Å². The second-order valence-corrected chi connectivity index (χ2v) is 3.88. The van der Waals surface area contributed by atoms with Gasteiger partial charge in [0, 0.05) is 26.3 Å². The van der Waals surface area contributed by atoms with Crippen molar-refractivity contribution in [1.82, 2.24) is 15.0 Å². The van der Waals surface area contributed by atoms with Gasteiger partial charge in [0.15, 0.2) is 0 Å². The van der Waals surface area contributed by atoms with Crippen molar-refractivity contribution in [3.05, 3.63) is 11.9 Å². The van der Waals surface area contributed by atoms with Gasteiger partial charge in [-0.3, -0.25) is 4.68 Å². The van der Waals surface area contributed by atoms with E-state index >= 15 is 0 Å². The smallest absolute Gasteiger partial charge is 0.0833 e. The highest BCUT2D eigenvalue weighted by Gasteiger charge is 2.18. The number of aryl methyl sites for hydroxylation is 1. The Morgan fingerprint density at radius 2 is 2.25 bits per heavy atom. The lowest BCUT2D eigenvalue weighted by molar-refractivity contribution is 0.158. The van der Waals surface area contributed by atoms with Gasteiger partial charge in [0.1, 0.15) is 0 Å². The molecule has 0 aliphatic heterocycles. The van der Waals surface area contributed by atoms with Gasteiger partial charge in [-0.2, -0.15) is 0 Å². The van der Waals surface area contributed by atoms with Gasteiger partial charge in [-0.25, -0.2) is 0 Å². The number of hydrogen-bond acceptors (Lipinski definition) is 3. The number of aliphatic hydroxyl groups excluding tert-OH is 1. The SMILES string of the molecule is Cn1cc(CC(C)(C)CO)nn1. The lowest BCUT2D eigenvalue weighted by atomic mass is 9.89. The summed E-state index contributed by atoms with van der Waals surface area (Å²) in [5.74, 6) is 0. The molecule has 1 rings (SSSR count). The van der Waals surface area contributed by atoms with Crippen LogP contribution in [0.15, 0.2) is 6.20 Å². The molecule has 0 fully saturated rings. The van der Waals surface area contributed by atoms with E-state index in [2.05, 4.69) is 10.3 Å². The van der Waals surface area contributed by atoms with Crippen LogP contribution in [-0.2, 0) is 13.5 Å². The first kappa shape index (κ1) is 9.19. The Hall–Kier alpha value is -0.900. The van der Waals surface area contributed by atoms with E-state index in [-0.39, 0.29) is 12.0 Å². The molecular formula is C8H15N3O. The highest BCUT2D eigenvalue weighted by atomic mass is 16.3. The molecule has 1 aromatic rings. The number of hydrogen-bond donors (Lipinski definition) is 1. The molecule has 4 nitrogen and oxygen atoms in total. The maximum absolute atomic E-state index is 9.01. The Kier molecular flexibility index (Phi) is 2.47. The first-order valence-electron chi connectivity index (χ1n) is 3.99. The Bertz CT molecular complexity index is 255. The van der Waals surface area contributed by atoms with Crippen molar-refractivity contribution in [3.63, 3.8) is 0 Å². The quantitative estimate of drug-likeness (QED) is 0.711. The summed E-state index contributed by atoms with van der Waals surface area (Å²) in [5, 5.41) is 16.8. The van der Waals surface area contributed by atoms with Crippen molar-refractivity contribution in [2.45, 2.75) is 20.3 Å². The van der Waals surface area contributed by atoms with Crippen LogP contribution in [0.25, 0.3) is 0 Å². The molecule has 0 spiro atoms. The summed E-state index contributed by atoms with van der Waals surface area (Å²) in [5.41, 5.74) is 0.826. The summed E-state index contributed by atoms with van der Waals surface area (Å²) < 4.78 is 1.67. The van der Waals surface area contributed by atoms with Gasteiger partial charge in [0.2, 0.25) is 0 Å². The highest BCUT2D eigenvalue weighted by Crippen LogP contribution is 2.18. The Balaban J connectivity index is 2.63. The molecule has 1 heterocycles. The van der Waals surface area contributed by atoms with E-state index in [1.807, 2.05) is 27.1 Å². The molecule has 68 valence electrons.